The van der Waals surface area contributed by atoms with Crippen molar-refractivity contribution in [3.05, 3.63) is 112 Å². The van der Waals surface area contributed by atoms with Crippen LogP contribution in [-0.4, -0.2) is 41.1 Å². The largest absolute Gasteiger partial charge is 0.492 e. The maximum atomic E-state index is 14.4. The summed E-state index contributed by atoms with van der Waals surface area (Å²) < 4.78 is 38.8. The number of aliphatic imine (C=N–C) groups is 3. The van der Waals surface area contributed by atoms with Crippen molar-refractivity contribution in [3.8, 4) is 16.8 Å². The molecule has 9 nitrogen and oxygen atoms in total. The first-order valence-corrected chi connectivity index (χ1v) is 14.5. The number of thioether (sulfide) groups is 1. The zero-order chi connectivity index (χ0) is 32.1. The Morgan fingerprint density at radius 1 is 1.09 bits per heavy atom. The molecule has 1 atom stereocenters. The molecule has 4 aromatic rings. The summed E-state index contributed by atoms with van der Waals surface area (Å²) in [7, 11) is 1.68. The highest BCUT2D eigenvalue weighted by atomic mass is 32.2. The van der Waals surface area contributed by atoms with E-state index in [-0.39, 0.29) is 12.1 Å². The highest BCUT2D eigenvalue weighted by molar-refractivity contribution is 8.26. The summed E-state index contributed by atoms with van der Waals surface area (Å²) >= 11 is 1.38. The van der Waals surface area contributed by atoms with Crippen molar-refractivity contribution in [2.45, 2.75) is 25.7 Å². The van der Waals surface area contributed by atoms with Gasteiger partial charge >= 0.3 is 12.1 Å². The third-order valence-electron chi connectivity index (χ3n) is 6.96. The summed E-state index contributed by atoms with van der Waals surface area (Å²) in [5.74, 6) is -1.89. The molecule has 13 heteroatoms. The number of benzene rings is 3. The van der Waals surface area contributed by atoms with Crippen LogP contribution in [0.2, 0.25) is 0 Å². The molecular weight excluding hydrogens is 605 g/mol. The fraction of sp³-hybridized carbons (Fsp3) is 0.156. The molecular formula is C32H27F3N6O3S. The number of rotatable bonds is 9. The van der Waals surface area contributed by atoms with Gasteiger partial charge in [-0.1, -0.05) is 72.4 Å². The predicted octanol–water partition coefficient (Wildman–Crippen LogP) is 6.09. The monoisotopic (exact) mass is 632 g/mol. The third kappa shape index (κ3) is 6.74. The van der Waals surface area contributed by atoms with Gasteiger partial charge in [-0.2, -0.15) is 13.2 Å². The van der Waals surface area contributed by atoms with Crippen molar-refractivity contribution < 1.29 is 22.8 Å². The minimum absolute atomic E-state index is 0.139. The van der Waals surface area contributed by atoms with E-state index < -0.39 is 18.2 Å². The molecule has 0 unspecified atom stereocenters. The van der Waals surface area contributed by atoms with E-state index >= 15 is 0 Å². The van der Waals surface area contributed by atoms with Gasteiger partial charge in [-0.25, -0.2) is 14.8 Å². The maximum absolute atomic E-state index is 14.4. The molecule has 2 N–H and O–H groups in total. The second-order valence-electron chi connectivity index (χ2n) is 9.82. The molecule has 0 fully saturated rings. The van der Waals surface area contributed by atoms with Gasteiger partial charge in [-0.15, -0.1) is 5.48 Å². The van der Waals surface area contributed by atoms with Crippen LogP contribution in [0.3, 0.4) is 0 Å². The highest BCUT2D eigenvalue weighted by Gasteiger charge is 2.41. The van der Waals surface area contributed by atoms with Gasteiger partial charge in [0.2, 0.25) is 0 Å². The van der Waals surface area contributed by atoms with Gasteiger partial charge in [0.1, 0.15) is 10.7 Å². The van der Waals surface area contributed by atoms with E-state index in [2.05, 4.69) is 31.8 Å². The van der Waals surface area contributed by atoms with E-state index in [1.54, 1.807) is 41.4 Å². The summed E-state index contributed by atoms with van der Waals surface area (Å²) in [5.41, 5.74) is 7.35. The van der Waals surface area contributed by atoms with Gasteiger partial charge in [0.15, 0.2) is 5.82 Å². The van der Waals surface area contributed by atoms with Crippen molar-refractivity contribution in [2.75, 3.05) is 7.05 Å². The second kappa shape index (κ2) is 13.3. The zero-order valence-electron chi connectivity index (χ0n) is 24.1. The lowest BCUT2D eigenvalue weighted by Crippen LogP contribution is -2.31. The fourth-order valence-corrected chi connectivity index (χ4v) is 5.48. The van der Waals surface area contributed by atoms with Crippen LogP contribution in [0, 0.1) is 0 Å². The molecule has 3 aromatic carbocycles. The SMILES string of the molecule is C=N/C(N[C@@H](C)c1cc2cccc(-c3ccc(CNOC(=O)C(F)(F)F)cc3)c2c(=O)n1-c1ccccc1)=C1/N=CS/C1=N/C. The standard InChI is InChI=1S/C32H27F3N6O3S/c1-19(40-28(36-2)27-29(37-3)45-18-38-27)25-16-22-8-7-11-24(26(22)30(42)41(25)23-9-5-4-6-10-23)21-14-12-20(13-15-21)17-39-44-31(43)32(33,34)35/h4-16,18-19,39-40H,2,17H2,1,3H3/b28-27-,37-29+/t19-/m0/s1. The molecule has 1 aliphatic heterocycles. The van der Waals surface area contributed by atoms with E-state index in [4.69, 9.17) is 0 Å². The molecule has 0 spiro atoms. The molecule has 2 heterocycles. The molecule has 0 saturated carbocycles. The normalized spacial score (nSPS) is 15.7. The number of nitrogens with one attached hydrogen (secondary N) is 2. The molecule has 0 bridgehead atoms. The third-order valence-corrected chi connectivity index (χ3v) is 7.77. The Bertz CT molecular complexity index is 1900. The van der Waals surface area contributed by atoms with Gasteiger partial charge in [0.05, 0.1) is 23.5 Å². The number of nitrogens with zero attached hydrogens (tertiary/aromatic N) is 4. The van der Waals surface area contributed by atoms with Gasteiger partial charge in [-0.05, 0) is 53.9 Å². The van der Waals surface area contributed by atoms with Crippen molar-refractivity contribution in [3.63, 3.8) is 0 Å². The lowest BCUT2D eigenvalue weighted by molar-refractivity contribution is -0.207. The van der Waals surface area contributed by atoms with Crippen LogP contribution in [0.4, 0.5) is 13.2 Å². The van der Waals surface area contributed by atoms with Crippen molar-refractivity contribution >= 4 is 45.8 Å². The van der Waals surface area contributed by atoms with Gasteiger partial charge < -0.3 is 10.2 Å². The average Bonchev–Trinajstić information content (AvgIpc) is 3.52. The molecule has 1 aliphatic rings. The number of hydrogen-bond acceptors (Lipinski definition) is 9. The smallest absolute Gasteiger partial charge is 0.363 e. The summed E-state index contributed by atoms with van der Waals surface area (Å²) in [5, 5.41) is 5.26. The van der Waals surface area contributed by atoms with Crippen molar-refractivity contribution in [1.29, 1.82) is 0 Å². The quantitative estimate of drug-likeness (QED) is 0.171. The summed E-state index contributed by atoms with van der Waals surface area (Å²) in [4.78, 5) is 42.2. The van der Waals surface area contributed by atoms with Crippen LogP contribution < -0.4 is 16.4 Å². The fourth-order valence-electron chi connectivity index (χ4n) is 4.86. The van der Waals surface area contributed by atoms with Gasteiger partial charge in [0, 0.05) is 18.4 Å². The Labute approximate surface area is 260 Å². The minimum Gasteiger partial charge on any atom is -0.363 e. The van der Waals surface area contributed by atoms with Crippen LogP contribution in [0.1, 0.15) is 24.2 Å². The second-order valence-corrected chi connectivity index (χ2v) is 10.7. The number of halogens is 3. The summed E-state index contributed by atoms with van der Waals surface area (Å²) in [6.07, 6.45) is -5.09. The van der Waals surface area contributed by atoms with Gasteiger partial charge in [0.25, 0.3) is 5.56 Å². The average molecular weight is 633 g/mol. The molecule has 0 radical (unpaired) electrons. The lowest BCUT2D eigenvalue weighted by atomic mass is 9.97. The number of alkyl halides is 3. The maximum Gasteiger partial charge on any atom is 0.492 e. The number of hydroxylamine groups is 1. The molecule has 1 aromatic heterocycles. The Hall–Kier alpha value is -5.01. The number of fused-ring (bicyclic) bond motifs is 1. The van der Waals surface area contributed by atoms with Crippen molar-refractivity contribution in [2.24, 2.45) is 15.0 Å². The van der Waals surface area contributed by atoms with Crippen LogP contribution in [0.5, 0.6) is 0 Å². The molecule has 0 amide bonds. The Morgan fingerprint density at radius 3 is 2.49 bits per heavy atom. The first kappa shape index (κ1) is 31.4. The number of carbonyl (C=O) groups excluding carboxylic acids is 1. The van der Waals surface area contributed by atoms with E-state index in [9.17, 15) is 22.8 Å². The molecule has 5 rings (SSSR count). The van der Waals surface area contributed by atoms with E-state index in [1.807, 2.05) is 67.0 Å². The lowest BCUT2D eigenvalue weighted by Gasteiger charge is -2.23. The number of aromatic nitrogens is 1. The number of para-hydroxylation sites is 1. The highest BCUT2D eigenvalue weighted by Crippen LogP contribution is 2.31. The first-order valence-electron chi connectivity index (χ1n) is 13.6. The van der Waals surface area contributed by atoms with Crippen LogP contribution in [-0.2, 0) is 16.2 Å². The van der Waals surface area contributed by atoms with E-state index in [0.717, 1.165) is 5.56 Å². The molecule has 45 heavy (non-hydrogen) atoms. The van der Waals surface area contributed by atoms with Crippen LogP contribution in [0.15, 0.2) is 110 Å². The zero-order valence-corrected chi connectivity index (χ0v) is 24.9. The van der Waals surface area contributed by atoms with Gasteiger partial charge in [-0.3, -0.25) is 14.4 Å². The summed E-state index contributed by atoms with van der Waals surface area (Å²) in [6.45, 7) is 5.49. The Kier molecular flexibility index (Phi) is 9.30. The molecule has 0 saturated heterocycles. The van der Waals surface area contributed by atoms with Crippen LogP contribution in [0.25, 0.3) is 27.6 Å². The Morgan fingerprint density at radius 2 is 1.82 bits per heavy atom. The van der Waals surface area contributed by atoms with Crippen LogP contribution >= 0.6 is 11.8 Å². The number of pyridine rings is 1. The molecule has 0 aliphatic carbocycles. The van der Waals surface area contributed by atoms with E-state index in [0.29, 0.717) is 49.8 Å². The Balaban J connectivity index is 1.54. The minimum atomic E-state index is -5.09. The predicted molar refractivity (Wildman–Crippen MR) is 172 cm³/mol. The van der Waals surface area contributed by atoms with Crippen molar-refractivity contribution in [1.82, 2.24) is 15.4 Å². The van der Waals surface area contributed by atoms with E-state index in [1.165, 1.54) is 11.8 Å². The number of hydrogen-bond donors (Lipinski definition) is 2. The molecule has 230 valence electrons. The summed E-state index contributed by atoms with van der Waals surface area (Å²) in [6, 6.07) is 23.2. The number of carbonyl (C=O) groups is 1. The first-order chi connectivity index (χ1) is 21.6. The topological polar surface area (TPSA) is 109 Å².